The van der Waals surface area contributed by atoms with E-state index in [0.717, 1.165) is 12.1 Å². The Balaban J connectivity index is 1.65. The summed E-state index contributed by atoms with van der Waals surface area (Å²) in [5.74, 6) is -1.15. The molecular weight excluding hydrogens is 370 g/mol. The van der Waals surface area contributed by atoms with E-state index >= 15 is 0 Å². The molecule has 3 rings (SSSR count). The molecule has 10 heteroatoms. The summed E-state index contributed by atoms with van der Waals surface area (Å²) in [5.41, 5.74) is -2.12. The first-order valence-corrected chi connectivity index (χ1v) is 8.55. The van der Waals surface area contributed by atoms with Crippen LogP contribution < -0.4 is 5.32 Å². The zero-order valence-corrected chi connectivity index (χ0v) is 14.6. The van der Waals surface area contributed by atoms with Crippen LogP contribution in [0, 0.1) is 5.82 Å². The Hall–Kier alpha value is -2.52. The zero-order chi connectivity index (χ0) is 19.8. The molecule has 0 aliphatic carbocycles. The van der Waals surface area contributed by atoms with Crippen LogP contribution >= 0.6 is 0 Å². The number of nitrogens with one attached hydrogen (secondary N) is 1. The number of carbonyl (C=O) groups excluding carboxylic acids is 2. The summed E-state index contributed by atoms with van der Waals surface area (Å²) in [6, 6.07) is 1.55. The largest absolute Gasteiger partial charge is 0.447 e. The van der Waals surface area contributed by atoms with Gasteiger partial charge >= 0.3 is 18.3 Å². The number of amides is 3. The van der Waals surface area contributed by atoms with Crippen LogP contribution in [0.15, 0.2) is 18.2 Å². The average molecular weight is 389 g/mol. The van der Waals surface area contributed by atoms with Gasteiger partial charge in [0.1, 0.15) is 12.4 Å². The molecule has 2 aliphatic rings. The normalized spacial score (nSPS) is 21.4. The van der Waals surface area contributed by atoms with Crippen LogP contribution in [0.3, 0.4) is 0 Å². The fraction of sp³-hybridized carbons (Fsp3) is 0.529. The van der Waals surface area contributed by atoms with Gasteiger partial charge in [0.25, 0.3) is 0 Å². The lowest BCUT2D eigenvalue weighted by Gasteiger charge is -2.37. The molecule has 1 aromatic carbocycles. The molecule has 2 heterocycles. The predicted octanol–water partition coefficient (Wildman–Crippen LogP) is 3.68. The standard InChI is InChI=1S/C17H19F4N3O3/c1-10-9-27-16(26)24(10)11-5-7-23(8-6-11)15(25)22-14-12(17(19,20)21)3-2-4-13(14)18/h2-4,10-11H,5-9H2,1H3,(H,22,25). The minimum Gasteiger partial charge on any atom is -0.447 e. The smallest absolute Gasteiger partial charge is 0.418 e. The Morgan fingerprint density at radius 3 is 2.48 bits per heavy atom. The summed E-state index contributed by atoms with van der Waals surface area (Å²) >= 11 is 0. The molecule has 0 saturated carbocycles. The summed E-state index contributed by atoms with van der Waals surface area (Å²) in [6.45, 7) is 2.65. The second-order valence-corrected chi connectivity index (χ2v) is 6.64. The molecule has 1 aromatic rings. The van der Waals surface area contributed by atoms with E-state index in [1.54, 1.807) is 4.90 Å². The quantitative estimate of drug-likeness (QED) is 0.785. The molecule has 0 bridgehead atoms. The summed E-state index contributed by atoms with van der Waals surface area (Å²) < 4.78 is 58.0. The third kappa shape index (κ3) is 3.93. The van der Waals surface area contributed by atoms with Crippen molar-refractivity contribution in [3.05, 3.63) is 29.6 Å². The molecule has 27 heavy (non-hydrogen) atoms. The topological polar surface area (TPSA) is 61.9 Å². The maximum atomic E-state index is 13.9. The van der Waals surface area contributed by atoms with E-state index in [1.807, 2.05) is 12.2 Å². The van der Waals surface area contributed by atoms with Crippen LogP contribution in [0.1, 0.15) is 25.3 Å². The summed E-state index contributed by atoms with van der Waals surface area (Å²) in [5, 5.41) is 2.04. The van der Waals surface area contributed by atoms with Gasteiger partial charge in [0, 0.05) is 19.1 Å². The van der Waals surface area contributed by atoms with E-state index in [2.05, 4.69) is 0 Å². The number of piperidine rings is 1. The van der Waals surface area contributed by atoms with Crippen molar-refractivity contribution in [1.29, 1.82) is 0 Å². The van der Waals surface area contributed by atoms with Crippen LogP contribution in [0.5, 0.6) is 0 Å². The van der Waals surface area contributed by atoms with Gasteiger partial charge in [-0.2, -0.15) is 13.2 Å². The van der Waals surface area contributed by atoms with Crippen LogP contribution in [0.25, 0.3) is 0 Å². The maximum absolute atomic E-state index is 13.9. The number of hydrogen-bond donors (Lipinski definition) is 1. The number of hydrogen-bond acceptors (Lipinski definition) is 3. The fourth-order valence-corrected chi connectivity index (χ4v) is 3.46. The van der Waals surface area contributed by atoms with Gasteiger partial charge in [-0.25, -0.2) is 14.0 Å². The monoisotopic (exact) mass is 389 g/mol. The number of carbonyl (C=O) groups is 2. The third-order valence-electron chi connectivity index (χ3n) is 4.83. The van der Waals surface area contributed by atoms with Gasteiger partial charge in [-0.1, -0.05) is 6.07 Å². The Bertz CT molecular complexity index is 733. The first-order valence-electron chi connectivity index (χ1n) is 8.55. The number of benzene rings is 1. The molecule has 3 amide bonds. The van der Waals surface area contributed by atoms with Crippen molar-refractivity contribution in [3.8, 4) is 0 Å². The summed E-state index contributed by atoms with van der Waals surface area (Å²) in [4.78, 5) is 27.1. The lowest BCUT2D eigenvalue weighted by Crippen LogP contribution is -2.50. The highest BCUT2D eigenvalue weighted by molar-refractivity contribution is 5.90. The number of rotatable bonds is 2. The molecule has 0 spiro atoms. The third-order valence-corrected chi connectivity index (χ3v) is 4.83. The highest BCUT2D eigenvalue weighted by atomic mass is 19.4. The lowest BCUT2D eigenvalue weighted by atomic mass is 10.0. The number of para-hydroxylation sites is 1. The Kier molecular flexibility index (Phi) is 5.16. The van der Waals surface area contributed by atoms with Gasteiger partial charge < -0.3 is 15.0 Å². The summed E-state index contributed by atoms with van der Waals surface area (Å²) in [6.07, 6.45) is -4.25. The number of halogens is 4. The van der Waals surface area contributed by atoms with Crippen LogP contribution in [0.4, 0.5) is 32.8 Å². The summed E-state index contributed by atoms with van der Waals surface area (Å²) in [7, 11) is 0. The molecule has 2 fully saturated rings. The second kappa shape index (κ2) is 7.24. The molecule has 2 saturated heterocycles. The Morgan fingerprint density at radius 2 is 1.93 bits per heavy atom. The number of ether oxygens (including phenoxy) is 1. The SMILES string of the molecule is CC1COC(=O)N1C1CCN(C(=O)Nc2c(F)cccc2C(F)(F)F)CC1. The van der Waals surface area contributed by atoms with E-state index in [-0.39, 0.29) is 25.2 Å². The highest BCUT2D eigenvalue weighted by Gasteiger charge is 2.39. The van der Waals surface area contributed by atoms with Crippen molar-refractivity contribution >= 4 is 17.8 Å². The van der Waals surface area contributed by atoms with Crippen molar-refractivity contribution in [1.82, 2.24) is 9.80 Å². The number of nitrogens with zero attached hydrogens (tertiary/aromatic N) is 2. The number of urea groups is 1. The van der Waals surface area contributed by atoms with Crippen molar-refractivity contribution in [2.45, 2.75) is 38.0 Å². The molecule has 0 aromatic heterocycles. The van der Waals surface area contributed by atoms with Crippen molar-refractivity contribution < 1.29 is 31.9 Å². The lowest BCUT2D eigenvalue weighted by molar-refractivity contribution is -0.137. The molecule has 1 unspecified atom stereocenters. The molecule has 0 radical (unpaired) electrons. The number of anilines is 1. The van der Waals surface area contributed by atoms with E-state index in [1.165, 1.54) is 4.90 Å². The predicted molar refractivity (Wildman–Crippen MR) is 87.7 cm³/mol. The van der Waals surface area contributed by atoms with Gasteiger partial charge in [0.2, 0.25) is 0 Å². The van der Waals surface area contributed by atoms with Gasteiger partial charge in [-0.05, 0) is 31.9 Å². The van der Waals surface area contributed by atoms with Crippen LogP contribution in [-0.2, 0) is 10.9 Å². The van der Waals surface area contributed by atoms with Crippen molar-refractivity contribution in [2.75, 3.05) is 25.0 Å². The van der Waals surface area contributed by atoms with E-state index in [0.29, 0.717) is 25.5 Å². The minimum atomic E-state index is -4.79. The second-order valence-electron chi connectivity index (χ2n) is 6.64. The van der Waals surface area contributed by atoms with E-state index in [4.69, 9.17) is 4.74 Å². The highest BCUT2D eigenvalue weighted by Crippen LogP contribution is 2.36. The zero-order valence-electron chi connectivity index (χ0n) is 14.6. The molecule has 1 N–H and O–H groups in total. The average Bonchev–Trinajstić information content (AvgIpc) is 2.94. The Morgan fingerprint density at radius 1 is 1.26 bits per heavy atom. The fourth-order valence-electron chi connectivity index (χ4n) is 3.46. The number of likely N-dealkylation sites (tertiary alicyclic amines) is 1. The minimum absolute atomic E-state index is 0.0596. The van der Waals surface area contributed by atoms with Crippen LogP contribution in [-0.4, -0.2) is 53.7 Å². The van der Waals surface area contributed by atoms with Gasteiger partial charge in [0.15, 0.2) is 0 Å². The first kappa shape index (κ1) is 19.2. The molecule has 1 atom stereocenters. The van der Waals surface area contributed by atoms with E-state index < -0.39 is 35.4 Å². The van der Waals surface area contributed by atoms with Crippen molar-refractivity contribution in [3.63, 3.8) is 0 Å². The van der Waals surface area contributed by atoms with Crippen molar-refractivity contribution in [2.24, 2.45) is 0 Å². The molecular formula is C17H19F4N3O3. The number of cyclic esters (lactones) is 1. The van der Waals surface area contributed by atoms with Gasteiger partial charge in [0.05, 0.1) is 17.3 Å². The molecule has 148 valence electrons. The van der Waals surface area contributed by atoms with Crippen LogP contribution in [0.2, 0.25) is 0 Å². The Labute approximate surface area is 153 Å². The van der Waals surface area contributed by atoms with Gasteiger partial charge in [-0.15, -0.1) is 0 Å². The number of alkyl halides is 3. The van der Waals surface area contributed by atoms with E-state index in [9.17, 15) is 27.2 Å². The maximum Gasteiger partial charge on any atom is 0.418 e. The van der Waals surface area contributed by atoms with Gasteiger partial charge in [-0.3, -0.25) is 4.90 Å². The molecule has 6 nitrogen and oxygen atoms in total. The molecule has 2 aliphatic heterocycles. The first-order chi connectivity index (χ1) is 12.7.